The van der Waals surface area contributed by atoms with Gasteiger partial charge in [-0.1, -0.05) is 24.3 Å². The van der Waals surface area contributed by atoms with Crippen molar-refractivity contribution in [1.82, 2.24) is 15.5 Å². The second-order valence-electron chi connectivity index (χ2n) is 8.48. The fraction of sp³-hybridized carbons (Fsp3) is 0.296. The summed E-state index contributed by atoms with van der Waals surface area (Å²) < 4.78 is 10.5. The van der Waals surface area contributed by atoms with Gasteiger partial charge in [-0.25, -0.2) is 0 Å². The molecule has 1 unspecified atom stereocenters. The van der Waals surface area contributed by atoms with Gasteiger partial charge in [0.05, 0.1) is 19.9 Å². The number of carbonyl (C=O) groups is 3. The molecule has 1 fully saturated rings. The van der Waals surface area contributed by atoms with Gasteiger partial charge >= 0.3 is 0 Å². The number of carbonyl (C=O) groups excluding carboxylic acids is 3. The molecule has 0 spiro atoms. The maximum atomic E-state index is 13.1. The molecule has 8 heteroatoms. The van der Waals surface area contributed by atoms with Gasteiger partial charge in [0.2, 0.25) is 5.91 Å². The third-order valence-electron chi connectivity index (χ3n) is 6.24. The number of furan rings is 1. The zero-order valence-corrected chi connectivity index (χ0v) is 19.6. The van der Waals surface area contributed by atoms with Gasteiger partial charge in [0.25, 0.3) is 11.8 Å². The number of methoxy groups -OCH3 is 1. The summed E-state index contributed by atoms with van der Waals surface area (Å²) in [6.07, 6.45) is 2.72. The smallest absolute Gasteiger partial charge is 0.253 e. The number of benzene rings is 2. The Kier molecular flexibility index (Phi) is 7.82. The molecule has 0 bridgehead atoms. The highest BCUT2D eigenvalue weighted by Crippen LogP contribution is 2.24. The Morgan fingerprint density at radius 3 is 2.43 bits per heavy atom. The van der Waals surface area contributed by atoms with Crippen LogP contribution in [0, 0.1) is 5.92 Å². The molecule has 3 aromatic rings. The van der Waals surface area contributed by atoms with E-state index in [-0.39, 0.29) is 30.2 Å². The molecule has 2 N–H and O–H groups in total. The lowest BCUT2D eigenvalue weighted by Crippen LogP contribution is -2.53. The zero-order valence-electron chi connectivity index (χ0n) is 19.6. The predicted molar refractivity (Wildman–Crippen MR) is 130 cm³/mol. The molecule has 0 radical (unpaired) electrons. The summed E-state index contributed by atoms with van der Waals surface area (Å²) in [5, 5.41) is 5.79. The summed E-state index contributed by atoms with van der Waals surface area (Å²) in [5.41, 5.74) is 1.05. The number of nitrogens with one attached hydrogen (secondary N) is 2. The molecule has 1 atom stereocenters. The maximum Gasteiger partial charge on any atom is 0.253 e. The van der Waals surface area contributed by atoms with E-state index in [1.54, 1.807) is 78.9 Å². The number of amides is 3. The molecule has 1 aliphatic heterocycles. The van der Waals surface area contributed by atoms with E-state index in [2.05, 4.69) is 10.6 Å². The van der Waals surface area contributed by atoms with E-state index < -0.39 is 6.04 Å². The lowest BCUT2D eigenvalue weighted by atomic mass is 9.88. The van der Waals surface area contributed by atoms with E-state index >= 15 is 0 Å². The van der Waals surface area contributed by atoms with Crippen molar-refractivity contribution in [1.29, 1.82) is 0 Å². The number of likely N-dealkylation sites (tertiary alicyclic amines) is 1. The molecule has 182 valence electrons. The first-order valence-electron chi connectivity index (χ1n) is 11.6. The lowest BCUT2D eigenvalue weighted by Gasteiger charge is -2.36. The Bertz CT molecular complexity index is 1140. The SMILES string of the molecule is COc1cccc(C(=O)N2CCC(C(NC(=O)c3ccccc3)C(=O)NCc3ccco3)CC2)c1. The van der Waals surface area contributed by atoms with Crippen molar-refractivity contribution in [3.05, 3.63) is 89.9 Å². The molecule has 1 aliphatic rings. The van der Waals surface area contributed by atoms with Gasteiger partial charge in [0, 0.05) is 24.2 Å². The molecule has 0 saturated carbocycles. The van der Waals surface area contributed by atoms with Gasteiger partial charge in [-0.2, -0.15) is 0 Å². The fourth-order valence-corrected chi connectivity index (χ4v) is 4.28. The van der Waals surface area contributed by atoms with E-state index in [0.717, 1.165) is 0 Å². The topological polar surface area (TPSA) is 101 Å². The fourth-order valence-electron chi connectivity index (χ4n) is 4.28. The number of piperidine rings is 1. The number of hydrogen-bond donors (Lipinski definition) is 2. The molecule has 35 heavy (non-hydrogen) atoms. The van der Waals surface area contributed by atoms with Crippen molar-refractivity contribution < 1.29 is 23.5 Å². The Hall–Kier alpha value is -4.07. The Morgan fingerprint density at radius 1 is 1.00 bits per heavy atom. The maximum absolute atomic E-state index is 13.1. The molecule has 3 amide bonds. The Labute approximate surface area is 204 Å². The van der Waals surface area contributed by atoms with Crippen molar-refractivity contribution in [3.63, 3.8) is 0 Å². The highest BCUT2D eigenvalue weighted by molar-refractivity contribution is 5.97. The van der Waals surface area contributed by atoms with Crippen LogP contribution < -0.4 is 15.4 Å². The molecule has 1 saturated heterocycles. The number of ether oxygens (including phenoxy) is 1. The van der Waals surface area contributed by atoms with Gasteiger partial charge in [0.15, 0.2) is 0 Å². The van der Waals surface area contributed by atoms with Crippen molar-refractivity contribution >= 4 is 17.7 Å². The first-order valence-corrected chi connectivity index (χ1v) is 11.6. The molecule has 1 aromatic heterocycles. The van der Waals surface area contributed by atoms with E-state index in [9.17, 15) is 14.4 Å². The van der Waals surface area contributed by atoms with Gasteiger partial charge in [-0.3, -0.25) is 14.4 Å². The third-order valence-corrected chi connectivity index (χ3v) is 6.24. The van der Waals surface area contributed by atoms with E-state index in [0.29, 0.717) is 48.6 Å². The molecular formula is C27H29N3O5. The highest BCUT2D eigenvalue weighted by Gasteiger charge is 2.34. The van der Waals surface area contributed by atoms with Crippen LogP contribution in [0.25, 0.3) is 0 Å². The van der Waals surface area contributed by atoms with Crippen molar-refractivity contribution in [3.8, 4) is 5.75 Å². The monoisotopic (exact) mass is 475 g/mol. The molecule has 8 nitrogen and oxygen atoms in total. The summed E-state index contributed by atoms with van der Waals surface area (Å²) in [6.45, 7) is 1.21. The van der Waals surface area contributed by atoms with Crippen LogP contribution >= 0.6 is 0 Å². The van der Waals surface area contributed by atoms with Crippen LogP contribution in [0.1, 0.15) is 39.3 Å². The first-order chi connectivity index (χ1) is 17.0. The van der Waals surface area contributed by atoms with Gasteiger partial charge in [0.1, 0.15) is 17.6 Å². The molecule has 4 rings (SSSR count). The summed E-state index contributed by atoms with van der Waals surface area (Å²) in [5.74, 6) is 0.484. The second-order valence-corrected chi connectivity index (χ2v) is 8.48. The summed E-state index contributed by atoms with van der Waals surface area (Å²) in [6, 6.07) is 18.7. The molecule has 0 aliphatic carbocycles. The minimum Gasteiger partial charge on any atom is -0.497 e. The van der Waals surface area contributed by atoms with Crippen molar-refractivity contribution in [2.75, 3.05) is 20.2 Å². The van der Waals surface area contributed by atoms with Crippen LogP contribution in [0.5, 0.6) is 5.75 Å². The number of rotatable bonds is 8. The summed E-state index contributed by atoms with van der Waals surface area (Å²) in [7, 11) is 1.57. The van der Waals surface area contributed by atoms with Gasteiger partial charge < -0.3 is 24.7 Å². The molecular weight excluding hydrogens is 446 g/mol. The minimum atomic E-state index is -0.730. The molecule has 2 aromatic carbocycles. The van der Waals surface area contributed by atoms with E-state index in [1.807, 2.05) is 6.07 Å². The normalized spacial score (nSPS) is 14.7. The van der Waals surface area contributed by atoms with Crippen LogP contribution in [0.15, 0.2) is 77.4 Å². The van der Waals surface area contributed by atoms with Crippen LogP contribution in [0.2, 0.25) is 0 Å². The first kappa shape index (κ1) is 24.1. The lowest BCUT2D eigenvalue weighted by molar-refractivity contribution is -0.124. The average molecular weight is 476 g/mol. The Balaban J connectivity index is 1.43. The minimum absolute atomic E-state index is 0.0745. The van der Waals surface area contributed by atoms with Crippen LogP contribution in [-0.2, 0) is 11.3 Å². The van der Waals surface area contributed by atoms with Gasteiger partial charge in [-0.15, -0.1) is 0 Å². The third kappa shape index (κ3) is 6.09. The number of nitrogens with zero attached hydrogens (tertiary/aromatic N) is 1. The van der Waals surface area contributed by atoms with E-state index in [4.69, 9.17) is 9.15 Å². The van der Waals surface area contributed by atoms with Crippen LogP contribution in [0.4, 0.5) is 0 Å². The van der Waals surface area contributed by atoms with Crippen molar-refractivity contribution in [2.24, 2.45) is 5.92 Å². The van der Waals surface area contributed by atoms with Crippen LogP contribution in [-0.4, -0.2) is 48.9 Å². The second kappa shape index (κ2) is 11.4. The standard InChI is InChI=1S/C27H29N3O5/c1-34-22-10-5-9-21(17-22)27(33)30-14-12-19(13-15-30)24(26(32)28-18-23-11-6-16-35-23)29-25(31)20-7-3-2-4-8-20/h2-11,16-17,19,24H,12-15,18H2,1H3,(H,28,32)(H,29,31). The summed E-state index contributed by atoms with van der Waals surface area (Å²) in [4.78, 5) is 40.8. The quantitative estimate of drug-likeness (QED) is 0.521. The van der Waals surface area contributed by atoms with Crippen LogP contribution in [0.3, 0.4) is 0 Å². The predicted octanol–water partition coefficient (Wildman–Crippen LogP) is 3.26. The number of hydrogen-bond acceptors (Lipinski definition) is 5. The Morgan fingerprint density at radius 2 is 1.74 bits per heavy atom. The van der Waals surface area contributed by atoms with Gasteiger partial charge in [-0.05, 0) is 61.2 Å². The molecule has 2 heterocycles. The largest absolute Gasteiger partial charge is 0.497 e. The summed E-state index contributed by atoms with van der Waals surface area (Å²) >= 11 is 0. The van der Waals surface area contributed by atoms with Crippen molar-refractivity contribution in [2.45, 2.75) is 25.4 Å². The highest BCUT2D eigenvalue weighted by atomic mass is 16.5. The zero-order chi connectivity index (χ0) is 24.6. The van der Waals surface area contributed by atoms with E-state index in [1.165, 1.54) is 0 Å². The average Bonchev–Trinajstić information content (AvgIpc) is 3.44.